The SMILES string of the molecule is NC(=O)CC(N)C(=O)Nc1ccc2cnccc2c1. The maximum atomic E-state index is 11.7. The average molecular weight is 258 g/mol. The highest BCUT2D eigenvalue weighted by Crippen LogP contribution is 2.18. The number of carbonyl (C=O) groups excluding carboxylic acids is 2. The van der Waals surface area contributed by atoms with Gasteiger partial charge in [0.05, 0.1) is 12.5 Å². The van der Waals surface area contributed by atoms with Crippen molar-refractivity contribution in [3.8, 4) is 0 Å². The van der Waals surface area contributed by atoms with Crippen LogP contribution in [0.4, 0.5) is 5.69 Å². The zero-order valence-corrected chi connectivity index (χ0v) is 10.2. The molecule has 2 amide bonds. The van der Waals surface area contributed by atoms with E-state index in [0.29, 0.717) is 5.69 Å². The molecule has 1 aromatic carbocycles. The third kappa shape index (κ3) is 3.26. The molecule has 1 atom stereocenters. The van der Waals surface area contributed by atoms with Crippen LogP contribution in [0.3, 0.4) is 0 Å². The Morgan fingerprint density at radius 2 is 2.05 bits per heavy atom. The van der Waals surface area contributed by atoms with Gasteiger partial charge in [0.15, 0.2) is 0 Å². The lowest BCUT2D eigenvalue weighted by molar-refractivity contribution is -0.123. The molecule has 1 heterocycles. The molecule has 19 heavy (non-hydrogen) atoms. The number of hydrogen-bond acceptors (Lipinski definition) is 4. The lowest BCUT2D eigenvalue weighted by Gasteiger charge is -2.11. The molecular weight excluding hydrogens is 244 g/mol. The Bertz CT molecular complexity index is 627. The summed E-state index contributed by atoms with van der Waals surface area (Å²) in [4.78, 5) is 26.4. The summed E-state index contributed by atoms with van der Waals surface area (Å²) in [6, 6.07) is 6.31. The quantitative estimate of drug-likeness (QED) is 0.735. The Morgan fingerprint density at radius 3 is 2.79 bits per heavy atom. The minimum atomic E-state index is -0.939. The van der Waals surface area contributed by atoms with Gasteiger partial charge in [-0.15, -0.1) is 0 Å². The summed E-state index contributed by atoms with van der Waals surface area (Å²) < 4.78 is 0. The van der Waals surface area contributed by atoms with Crippen molar-refractivity contribution in [2.24, 2.45) is 11.5 Å². The molecule has 0 saturated carbocycles. The minimum Gasteiger partial charge on any atom is -0.370 e. The molecule has 0 bridgehead atoms. The van der Waals surface area contributed by atoms with E-state index in [4.69, 9.17) is 11.5 Å². The Morgan fingerprint density at radius 1 is 1.26 bits per heavy atom. The van der Waals surface area contributed by atoms with E-state index in [1.165, 1.54) is 0 Å². The second-order valence-electron chi connectivity index (χ2n) is 4.20. The molecule has 0 radical (unpaired) electrons. The number of nitrogens with zero attached hydrogens (tertiary/aromatic N) is 1. The molecule has 6 nitrogen and oxygen atoms in total. The van der Waals surface area contributed by atoms with Crippen LogP contribution in [0.2, 0.25) is 0 Å². The second kappa shape index (κ2) is 5.45. The molecule has 1 aromatic heterocycles. The number of anilines is 1. The van der Waals surface area contributed by atoms with Crippen molar-refractivity contribution in [2.45, 2.75) is 12.5 Å². The molecule has 6 heteroatoms. The molecule has 2 aromatic rings. The number of benzene rings is 1. The van der Waals surface area contributed by atoms with E-state index in [-0.39, 0.29) is 6.42 Å². The van der Waals surface area contributed by atoms with Crippen LogP contribution < -0.4 is 16.8 Å². The molecule has 0 aliphatic heterocycles. The van der Waals surface area contributed by atoms with E-state index in [1.54, 1.807) is 18.5 Å². The van der Waals surface area contributed by atoms with Crippen molar-refractivity contribution in [2.75, 3.05) is 5.32 Å². The molecule has 0 saturated heterocycles. The van der Waals surface area contributed by atoms with Crippen LogP contribution in [0, 0.1) is 0 Å². The summed E-state index contributed by atoms with van der Waals surface area (Å²) in [7, 11) is 0. The molecule has 0 spiro atoms. The number of hydrogen-bond donors (Lipinski definition) is 3. The van der Waals surface area contributed by atoms with Gasteiger partial charge in [-0.05, 0) is 23.6 Å². The fraction of sp³-hybridized carbons (Fsp3) is 0.154. The number of carbonyl (C=O) groups is 2. The van der Waals surface area contributed by atoms with E-state index < -0.39 is 17.9 Å². The van der Waals surface area contributed by atoms with Crippen molar-refractivity contribution >= 4 is 28.3 Å². The first-order valence-corrected chi connectivity index (χ1v) is 5.75. The zero-order valence-electron chi connectivity index (χ0n) is 10.2. The molecule has 98 valence electrons. The van der Waals surface area contributed by atoms with Crippen molar-refractivity contribution in [3.05, 3.63) is 36.7 Å². The van der Waals surface area contributed by atoms with Gasteiger partial charge in [0, 0.05) is 23.5 Å². The predicted octanol–water partition coefficient (Wildman–Crippen LogP) is 0.376. The van der Waals surface area contributed by atoms with Gasteiger partial charge in [-0.2, -0.15) is 0 Å². The molecule has 5 N–H and O–H groups in total. The minimum absolute atomic E-state index is 0.177. The highest BCUT2D eigenvalue weighted by Gasteiger charge is 2.15. The van der Waals surface area contributed by atoms with Crippen LogP contribution in [0.1, 0.15) is 6.42 Å². The fourth-order valence-electron chi connectivity index (χ4n) is 1.71. The third-order valence-electron chi connectivity index (χ3n) is 2.67. The maximum absolute atomic E-state index is 11.7. The van der Waals surface area contributed by atoms with Crippen LogP contribution in [0.25, 0.3) is 10.8 Å². The van der Waals surface area contributed by atoms with E-state index in [0.717, 1.165) is 10.8 Å². The number of aromatic nitrogens is 1. The number of primary amides is 1. The molecular formula is C13H14N4O2. The zero-order chi connectivity index (χ0) is 13.8. The largest absolute Gasteiger partial charge is 0.370 e. The van der Waals surface area contributed by atoms with Crippen LogP contribution >= 0.6 is 0 Å². The first-order chi connectivity index (χ1) is 9.06. The number of nitrogens with one attached hydrogen (secondary N) is 1. The molecule has 2 rings (SSSR count). The molecule has 0 aliphatic carbocycles. The third-order valence-corrected chi connectivity index (χ3v) is 2.67. The summed E-state index contributed by atoms with van der Waals surface area (Å²) in [6.07, 6.45) is 3.23. The lowest BCUT2D eigenvalue weighted by atomic mass is 10.1. The van der Waals surface area contributed by atoms with Gasteiger partial charge in [-0.3, -0.25) is 14.6 Å². The summed E-state index contributed by atoms with van der Waals surface area (Å²) in [5.41, 5.74) is 11.2. The smallest absolute Gasteiger partial charge is 0.241 e. The first-order valence-electron chi connectivity index (χ1n) is 5.75. The molecule has 0 fully saturated rings. The first kappa shape index (κ1) is 13.0. The highest BCUT2D eigenvalue weighted by atomic mass is 16.2. The number of fused-ring (bicyclic) bond motifs is 1. The highest BCUT2D eigenvalue weighted by molar-refractivity contribution is 5.98. The van der Waals surface area contributed by atoms with E-state index >= 15 is 0 Å². The standard InChI is InChI=1S/C13H14N4O2/c14-11(6-12(15)18)13(19)17-10-2-1-9-7-16-4-3-8(9)5-10/h1-5,7,11H,6,14H2,(H2,15,18)(H,17,19). The van der Waals surface area contributed by atoms with Crippen LogP contribution in [-0.4, -0.2) is 22.8 Å². The lowest BCUT2D eigenvalue weighted by Crippen LogP contribution is -2.38. The van der Waals surface area contributed by atoms with Gasteiger partial charge in [0.2, 0.25) is 11.8 Å². The van der Waals surface area contributed by atoms with Crippen molar-refractivity contribution in [1.82, 2.24) is 4.98 Å². The Labute approximate surface area is 109 Å². The van der Waals surface area contributed by atoms with Crippen molar-refractivity contribution < 1.29 is 9.59 Å². The van der Waals surface area contributed by atoms with Crippen molar-refractivity contribution in [3.63, 3.8) is 0 Å². The summed E-state index contributed by atoms with van der Waals surface area (Å²) in [6.45, 7) is 0. The van der Waals surface area contributed by atoms with E-state index in [1.807, 2.05) is 18.2 Å². The van der Waals surface area contributed by atoms with Gasteiger partial charge < -0.3 is 16.8 Å². The van der Waals surface area contributed by atoms with Gasteiger partial charge in [-0.1, -0.05) is 6.07 Å². The summed E-state index contributed by atoms with van der Waals surface area (Å²) in [5, 5.41) is 4.58. The van der Waals surface area contributed by atoms with Gasteiger partial charge in [0.25, 0.3) is 0 Å². The number of nitrogens with two attached hydrogens (primary N) is 2. The van der Waals surface area contributed by atoms with Gasteiger partial charge >= 0.3 is 0 Å². The normalized spacial score (nSPS) is 12.1. The van der Waals surface area contributed by atoms with Gasteiger partial charge in [0.1, 0.15) is 0 Å². The van der Waals surface area contributed by atoms with Crippen LogP contribution in [-0.2, 0) is 9.59 Å². The van der Waals surface area contributed by atoms with E-state index in [9.17, 15) is 9.59 Å². The molecule has 0 aliphatic rings. The topological polar surface area (TPSA) is 111 Å². The van der Waals surface area contributed by atoms with Crippen LogP contribution in [0.15, 0.2) is 36.7 Å². The number of pyridine rings is 1. The summed E-state index contributed by atoms with van der Waals surface area (Å²) in [5.74, 6) is -1.04. The summed E-state index contributed by atoms with van der Waals surface area (Å²) >= 11 is 0. The maximum Gasteiger partial charge on any atom is 0.241 e. The van der Waals surface area contributed by atoms with E-state index in [2.05, 4.69) is 10.3 Å². The average Bonchev–Trinajstić information content (AvgIpc) is 2.37. The van der Waals surface area contributed by atoms with Crippen LogP contribution in [0.5, 0.6) is 0 Å². The number of rotatable bonds is 4. The Kier molecular flexibility index (Phi) is 3.72. The Balaban J connectivity index is 2.12. The molecule has 1 unspecified atom stereocenters. The fourth-order valence-corrected chi connectivity index (χ4v) is 1.71. The Hall–Kier alpha value is -2.47. The van der Waals surface area contributed by atoms with Crippen molar-refractivity contribution in [1.29, 1.82) is 0 Å². The monoisotopic (exact) mass is 258 g/mol. The number of amides is 2. The predicted molar refractivity (Wildman–Crippen MR) is 72.2 cm³/mol. The van der Waals surface area contributed by atoms with Gasteiger partial charge in [-0.25, -0.2) is 0 Å². The second-order valence-corrected chi connectivity index (χ2v) is 4.20.